The van der Waals surface area contributed by atoms with E-state index < -0.39 is 12.0 Å². The molecule has 20 heavy (non-hydrogen) atoms. The Morgan fingerprint density at radius 3 is 2.70 bits per heavy atom. The van der Waals surface area contributed by atoms with Crippen molar-refractivity contribution in [2.45, 2.75) is 37.8 Å². The number of piperidine rings is 1. The molecule has 2 heterocycles. The molecule has 2 aliphatic rings. The number of hydrogen-bond donors (Lipinski definition) is 2. The lowest BCUT2D eigenvalue weighted by molar-refractivity contribution is -0.147. The predicted molar refractivity (Wildman–Crippen MR) is 70.4 cm³/mol. The number of aliphatic carboxylic acids is 1. The van der Waals surface area contributed by atoms with Crippen LogP contribution in [0, 0.1) is 0 Å². The largest absolute Gasteiger partial charge is 0.480 e. The first kappa shape index (κ1) is 15.1. The van der Waals surface area contributed by atoms with E-state index in [9.17, 15) is 14.7 Å². The summed E-state index contributed by atoms with van der Waals surface area (Å²) in [5, 5.41) is 18.3. The highest BCUT2D eigenvalue weighted by atomic mass is 16.5. The third-order valence-corrected chi connectivity index (χ3v) is 3.99. The summed E-state index contributed by atoms with van der Waals surface area (Å²) in [6, 6.07) is -1.13. The molecule has 0 aliphatic carbocycles. The minimum Gasteiger partial charge on any atom is -0.480 e. The molecule has 2 amide bonds. The zero-order valence-corrected chi connectivity index (χ0v) is 11.5. The maximum atomic E-state index is 12.6. The van der Waals surface area contributed by atoms with E-state index in [2.05, 4.69) is 0 Å². The van der Waals surface area contributed by atoms with Crippen LogP contribution in [0.5, 0.6) is 0 Å². The Hall–Kier alpha value is -1.34. The third-order valence-electron chi connectivity index (χ3n) is 3.99. The summed E-state index contributed by atoms with van der Waals surface area (Å²) in [6.45, 7) is 1.39. The first-order valence-corrected chi connectivity index (χ1v) is 7.13. The van der Waals surface area contributed by atoms with Crippen LogP contribution in [0.25, 0.3) is 0 Å². The van der Waals surface area contributed by atoms with Crippen LogP contribution in [-0.4, -0.2) is 77.0 Å². The molecule has 0 aromatic carbocycles. The molecule has 2 atom stereocenters. The number of ether oxygens (including phenoxy) is 1. The van der Waals surface area contributed by atoms with Crippen LogP contribution in [0.15, 0.2) is 0 Å². The van der Waals surface area contributed by atoms with Crippen LogP contribution in [-0.2, 0) is 9.53 Å². The van der Waals surface area contributed by atoms with Gasteiger partial charge in [-0.15, -0.1) is 0 Å². The molecule has 0 bridgehead atoms. The number of carboxylic acids is 1. The fraction of sp³-hybridized carbons (Fsp3) is 0.846. The van der Waals surface area contributed by atoms with Gasteiger partial charge in [0.2, 0.25) is 0 Å². The molecule has 2 fully saturated rings. The molecule has 114 valence electrons. The summed E-state index contributed by atoms with van der Waals surface area (Å²) >= 11 is 0. The van der Waals surface area contributed by atoms with Crippen LogP contribution >= 0.6 is 0 Å². The minimum absolute atomic E-state index is 0.0125. The van der Waals surface area contributed by atoms with Crippen molar-refractivity contribution in [2.24, 2.45) is 0 Å². The van der Waals surface area contributed by atoms with Gasteiger partial charge in [-0.05, 0) is 25.7 Å². The van der Waals surface area contributed by atoms with E-state index >= 15 is 0 Å². The highest BCUT2D eigenvalue weighted by Crippen LogP contribution is 2.22. The number of carbonyl (C=O) groups excluding carboxylic acids is 1. The highest BCUT2D eigenvalue weighted by Gasteiger charge is 2.37. The second-order valence-electron chi connectivity index (χ2n) is 5.26. The van der Waals surface area contributed by atoms with E-state index in [-0.39, 0.29) is 25.3 Å². The fourth-order valence-electron chi connectivity index (χ4n) is 2.90. The molecule has 0 radical (unpaired) electrons. The second kappa shape index (κ2) is 6.90. The summed E-state index contributed by atoms with van der Waals surface area (Å²) in [5.74, 6) is -1.03. The number of carboxylic acid groups (broad SMARTS) is 1. The van der Waals surface area contributed by atoms with E-state index in [1.807, 2.05) is 0 Å². The fourth-order valence-corrected chi connectivity index (χ4v) is 2.90. The molecular formula is C13H22N2O5. The van der Waals surface area contributed by atoms with E-state index in [4.69, 9.17) is 9.84 Å². The van der Waals surface area contributed by atoms with Crippen molar-refractivity contribution in [2.75, 3.05) is 32.9 Å². The molecule has 0 aromatic rings. The third kappa shape index (κ3) is 3.21. The van der Waals surface area contributed by atoms with Crippen molar-refractivity contribution >= 4 is 12.0 Å². The number of likely N-dealkylation sites (tertiary alicyclic amines) is 1. The topological polar surface area (TPSA) is 90.3 Å². The standard InChI is InChI=1S/C13H22N2O5/c16-7-4-10-3-1-2-5-14(10)13(19)15-6-8-20-9-11(15)12(17)18/h10-11,16H,1-9H2,(H,17,18). The SMILES string of the molecule is O=C(O)C1COCCN1C(=O)N1CCCCC1CCO. The Bertz CT molecular complexity index is 361. The molecule has 0 saturated carbocycles. The summed E-state index contributed by atoms with van der Waals surface area (Å²) < 4.78 is 5.15. The van der Waals surface area contributed by atoms with Gasteiger partial charge in [-0.1, -0.05) is 0 Å². The minimum atomic E-state index is -1.03. The molecule has 0 aromatic heterocycles. The number of aliphatic hydroxyl groups excluding tert-OH is 1. The van der Waals surface area contributed by atoms with E-state index in [1.165, 1.54) is 4.90 Å². The number of carbonyl (C=O) groups is 2. The van der Waals surface area contributed by atoms with E-state index in [0.717, 1.165) is 19.3 Å². The van der Waals surface area contributed by atoms with Crippen molar-refractivity contribution in [3.63, 3.8) is 0 Å². The van der Waals surface area contributed by atoms with Gasteiger partial charge in [0.05, 0.1) is 13.2 Å². The molecule has 2 aliphatic heterocycles. The highest BCUT2D eigenvalue weighted by molar-refractivity contribution is 5.83. The summed E-state index contributed by atoms with van der Waals surface area (Å²) in [7, 11) is 0. The van der Waals surface area contributed by atoms with Crippen molar-refractivity contribution in [3.05, 3.63) is 0 Å². The van der Waals surface area contributed by atoms with Gasteiger partial charge in [-0.3, -0.25) is 0 Å². The number of hydrogen-bond acceptors (Lipinski definition) is 4. The Morgan fingerprint density at radius 1 is 1.20 bits per heavy atom. The van der Waals surface area contributed by atoms with Crippen LogP contribution < -0.4 is 0 Å². The van der Waals surface area contributed by atoms with Crippen LogP contribution in [0.3, 0.4) is 0 Å². The Balaban J connectivity index is 2.08. The van der Waals surface area contributed by atoms with Crippen molar-refractivity contribution in [1.29, 1.82) is 0 Å². The molecule has 2 saturated heterocycles. The maximum Gasteiger partial charge on any atom is 0.328 e. The van der Waals surface area contributed by atoms with Gasteiger partial charge in [0.25, 0.3) is 0 Å². The van der Waals surface area contributed by atoms with Crippen LogP contribution in [0.1, 0.15) is 25.7 Å². The average molecular weight is 286 g/mol. The number of urea groups is 1. The lowest BCUT2D eigenvalue weighted by atomic mass is 10.00. The lowest BCUT2D eigenvalue weighted by Crippen LogP contribution is -2.59. The summed E-state index contributed by atoms with van der Waals surface area (Å²) in [6.07, 6.45) is 3.39. The van der Waals surface area contributed by atoms with Gasteiger partial charge in [-0.2, -0.15) is 0 Å². The number of rotatable bonds is 3. The zero-order chi connectivity index (χ0) is 14.5. The van der Waals surface area contributed by atoms with Crippen molar-refractivity contribution in [3.8, 4) is 0 Å². The van der Waals surface area contributed by atoms with Gasteiger partial charge < -0.3 is 24.7 Å². The molecule has 7 nitrogen and oxygen atoms in total. The van der Waals surface area contributed by atoms with Crippen molar-refractivity contribution in [1.82, 2.24) is 9.80 Å². The van der Waals surface area contributed by atoms with Crippen LogP contribution in [0.4, 0.5) is 4.79 Å². The van der Waals surface area contributed by atoms with E-state index in [0.29, 0.717) is 26.1 Å². The predicted octanol–water partition coefficient (Wildman–Crippen LogP) is 0.129. The van der Waals surface area contributed by atoms with Crippen LogP contribution in [0.2, 0.25) is 0 Å². The van der Waals surface area contributed by atoms with Gasteiger partial charge >= 0.3 is 12.0 Å². The van der Waals surface area contributed by atoms with E-state index in [1.54, 1.807) is 4.90 Å². The molecule has 2 N–H and O–H groups in total. The zero-order valence-electron chi connectivity index (χ0n) is 11.5. The normalized spacial score (nSPS) is 27.4. The summed E-state index contributed by atoms with van der Waals surface area (Å²) in [5.41, 5.74) is 0. The molecular weight excluding hydrogens is 264 g/mol. The first-order valence-electron chi connectivity index (χ1n) is 7.13. The number of aliphatic hydroxyl groups is 1. The second-order valence-corrected chi connectivity index (χ2v) is 5.26. The molecule has 2 rings (SSSR count). The number of morpholine rings is 1. The maximum absolute atomic E-state index is 12.6. The average Bonchev–Trinajstić information content (AvgIpc) is 2.47. The van der Waals surface area contributed by atoms with Gasteiger partial charge in [-0.25, -0.2) is 9.59 Å². The van der Waals surface area contributed by atoms with Crippen molar-refractivity contribution < 1.29 is 24.5 Å². The monoisotopic (exact) mass is 286 g/mol. The molecule has 7 heteroatoms. The van der Waals surface area contributed by atoms with Gasteiger partial charge in [0, 0.05) is 25.7 Å². The Kier molecular flexibility index (Phi) is 5.19. The Morgan fingerprint density at radius 2 is 2.00 bits per heavy atom. The number of nitrogens with zero attached hydrogens (tertiary/aromatic N) is 2. The first-order chi connectivity index (χ1) is 9.65. The molecule has 0 spiro atoms. The quantitative estimate of drug-likeness (QED) is 0.769. The van der Waals surface area contributed by atoms with Gasteiger partial charge in [0.1, 0.15) is 0 Å². The number of amides is 2. The summed E-state index contributed by atoms with van der Waals surface area (Å²) in [4.78, 5) is 26.9. The lowest BCUT2D eigenvalue weighted by Gasteiger charge is -2.41. The Labute approximate surface area is 118 Å². The van der Waals surface area contributed by atoms with Gasteiger partial charge in [0.15, 0.2) is 6.04 Å². The smallest absolute Gasteiger partial charge is 0.328 e. The molecule has 2 unspecified atom stereocenters.